The highest BCUT2D eigenvalue weighted by molar-refractivity contribution is 9.10. The van der Waals surface area contributed by atoms with Crippen LogP contribution in [0.3, 0.4) is 0 Å². The Balaban J connectivity index is 1.75. The van der Waals surface area contributed by atoms with Gasteiger partial charge in [0.1, 0.15) is 4.47 Å². The van der Waals surface area contributed by atoms with Crippen LogP contribution in [0.1, 0.15) is 21.7 Å². The Labute approximate surface area is 123 Å². The van der Waals surface area contributed by atoms with Crippen LogP contribution in [0.4, 0.5) is 5.69 Å². The predicted octanol–water partition coefficient (Wildman–Crippen LogP) is 2.71. The molecule has 1 aliphatic carbocycles. The quantitative estimate of drug-likeness (QED) is 0.935. The summed E-state index contributed by atoms with van der Waals surface area (Å²) >= 11 is 5.19. The lowest BCUT2D eigenvalue weighted by atomic mass is 10.2. The first-order chi connectivity index (χ1) is 9.15. The number of aryl methyl sites for hydroxylation is 3. The third kappa shape index (κ3) is 2.47. The summed E-state index contributed by atoms with van der Waals surface area (Å²) in [5, 5.41) is 7.29. The van der Waals surface area contributed by atoms with Gasteiger partial charge in [0.25, 0.3) is 5.56 Å². The molecule has 6 heteroatoms. The third-order valence-corrected chi connectivity index (χ3v) is 5.33. The van der Waals surface area contributed by atoms with Gasteiger partial charge in [0, 0.05) is 23.3 Å². The van der Waals surface area contributed by atoms with Crippen molar-refractivity contribution in [1.29, 1.82) is 0 Å². The van der Waals surface area contributed by atoms with Crippen LogP contribution >= 0.6 is 27.3 Å². The Hall–Kier alpha value is -1.14. The molecule has 0 aromatic carbocycles. The SMILES string of the molecule is Cn1ncc(NCc2cc3c(s2)CCC3)c(Br)c1=O. The monoisotopic (exact) mass is 339 g/mol. The molecular weight excluding hydrogens is 326 g/mol. The van der Waals surface area contributed by atoms with Crippen LogP contribution in [0.15, 0.2) is 21.5 Å². The second-order valence-electron chi connectivity index (χ2n) is 4.67. The summed E-state index contributed by atoms with van der Waals surface area (Å²) in [6, 6.07) is 2.28. The highest BCUT2D eigenvalue weighted by Gasteiger charge is 2.15. The van der Waals surface area contributed by atoms with E-state index in [4.69, 9.17) is 0 Å². The second kappa shape index (κ2) is 5.09. The average Bonchev–Trinajstić information content (AvgIpc) is 2.96. The van der Waals surface area contributed by atoms with Gasteiger partial charge >= 0.3 is 0 Å². The van der Waals surface area contributed by atoms with E-state index in [1.807, 2.05) is 11.3 Å². The summed E-state index contributed by atoms with van der Waals surface area (Å²) in [5.41, 5.74) is 2.12. The first-order valence-corrected chi connectivity index (χ1v) is 7.82. The van der Waals surface area contributed by atoms with Crippen LogP contribution < -0.4 is 10.9 Å². The van der Waals surface area contributed by atoms with E-state index in [2.05, 4.69) is 32.4 Å². The van der Waals surface area contributed by atoms with E-state index in [0.29, 0.717) is 4.47 Å². The van der Waals surface area contributed by atoms with Crippen molar-refractivity contribution >= 4 is 33.0 Å². The van der Waals surface area contributed by atoms with Crippen molar-refractivity contribution in [3.63, 3.8) is 0 Å². The van der Waals surface area contributed by atoms with E-state index in [-0.39, 0.29) is 5.56 Å². The lowest BCUT2D eigenvalue weighted by Crippen LogP contribution is -2.21. The van der Waals surface area contributed by atoms with Crippen molar-refractivity contribution in [2.45, 2.75) is 25.8 Å². The van der Waals surface area contributed by atoms with Crippen molar-refractivity contribution in [2.24, 2.45) is 7.05 Å². The lowest BCUT2D eigenvalue weighted by molar-refractivity contribution is 0.703. The van der Waals surface area contributed by atoms with Gasteiger partial charge in [-0.1, -0.05) is 0 Å². The van der Waals surface area contributed by atoms with Gasteiger partial charge in [0.15, 0.2) is 0 Å². The van der Waals surface area contributed by atoms with Crippen molar-refractivity contribution in [1.82, 2.24) is 9.78 Å². The Bertz CT molecular complexity index is 656. The molecule has 4 nitrogen and oxygen atoms in total. The molecule has 2 aromatic heterocycles. The standard InChI is InChI=1S/C13H14BrN3OS/c1-17-13(18)12(14)10(7-16-17)15-6-9-5-8-3-2-4-11(8)19-9/h5,7,15H,2-4,6H2,1H3. The van der Waals surface area contributed by atoms with Gasteiger partial charge in [-0.25, -0.2) is 4.68 Å². The smallest absolute Gasteiger partial charge is 0.282 e. The number of aromatic nitrogens is 2. The summed E-state index contributed by atoms with van der Waals surface area (Å²) in [4.78, 5) is 14.6. The molecule has 0 amide bonds. The molecule has 3 rings (SSSR count). The van der Waals surface area contributed by atoms with Crippen LogP contribution in [0.25, 0.3) is 0 Å². The van der Waals surface area contributed by atoms with Gasteiger partial charge in [-0.3, -0.25) is 4.79 Å². The molecule has 2 aromatic rings. The highest BCUT2D eigenvalue weighted by Crippen LogP contribution is 2.31. The van der Waals surface area contributed by atoms with Gasteiger partial charge in [-0.2, -0.15) is 5.10 Å². The zero-order chi connectivity index (χ0) is 13.4. The molecule has 1 N–H and O–H groups in total. The highest BCUT2D eigenvalue weighted by atomic mass is 79.9. The van der Waals surface area contributed by atoms with Crippen LogP contribution in [-0.4, -0.2) is 9.78 Å². The summed E-state index contributed by atoms with van der Waals surface area (Å²) in [7, 11) is 1.64. The number of nitrogens with zero attached hydrogens (tertiary/aromatic N) is 2. The van der Waals surface area contributed by atoms with Crippen molar-refractivity contribution in [2.75, 3.05) is 5.32 Å². The number of hydrogen-bond donors (Lipinski definition) is 1. The fourth-order valence-electron chi connectivity index (χ4n) is 2.29. The largest absolute Gasteiger partial charge is 0.378 e. The summed E-state index contributed by atoms with van der Waals surface area (Å²) in [6.07, 6.45) is 5.39. The molecule has 0 bridgehead atoms. The van der Waals surface area contributed by atoms with Crippen molar-refractivity contribution in [3.05, 3.63) is 42.4 Å². The van der Waals surface area contributed by atoms with Crippen LogP contribution in [-0.2, 0) is 26.4 Å². The minimum Gasteiger partial charge on any atom is -0.378 e. The fraction of sp³-hybridized carbons (Fsp3) is 0.385. The molecule has 2 heterocycles. The topological polar surface area (TPSA) is 46.9 Å². The lowest BCUT2D eigenvalue weighted by Gasteiger charge is -2.07. The number of thiophene rings is 1. The van der Waals surface area contributed by atoms with Crippen molar-refractivity contribution < 1.29 is 0 Å². The number of anilines is 1. The molecule has 0 unspecified atom stereocenters. The first-order valence-electron chi connectivity index (χ1n) is 6.21. The maximum Gasteiger partial charge on any atom is 0.282 e. The molecule has 100 valence electrons. The molecule has 0 fully saturated rings. The molecule has 1 aliphatic rings. The Morgan fingerprint density at radius 1 is 1.53 bits per heavy atom. The van der Waals surface area contributed by atoms with Gasteiger partial charge in [-0.05, 0) is 46.8 Å². The molecule has 0 radical (unpaired) electrons. The molecule has 0 saturated carbocycles. The molecule has 19 heavy (non-hydrogen) atoms. The zero-order valence-corrected chi connectivity index (χ0v) is 13.0. The van der Waals surface area contributed by atoms with Gasteiger partial charge in [0.05, 0.1) is 11.9 Å². The Kier molecular flexibility index (Phi) is 3.45. The van der Waals surface area contributed by atoms with E-state index >= 15 is 0 Å². The van der Waals surface area contributed by atoms with Gasteiger partial charge < -0.3 is 5.32 Å². The van der Waals surface area contributed by atoms with E-state index in [0.717, 1.165) is 12.2 Å². The van der Waals surface area contributed by atoms with E-state index < -0.39 is 0 Å². The van der Waals surface area contributed by atoms with E-state index in [1.165, 1.54) is 39.3 Å². The van der Waals surface area contributed by atoms with Crippen LogP contribution in [0, 0.1) is 0 Å². The molecular formula is C13H14BrN3OS. The first kappa shape index (κ1) is 12.9. The Morgan fingerprint density at radius 3 is 3.16 bits per heavy atom. The average molecular weight is 340 g/mol. The normalized spacial score (nSPS) is 13.6. The predicted molar refractivity (Wildman–Crippen MR) is 80.8 cm³/mol. The van der Waals surface area contributed by atoms with E-state index in [1.54, 1.807) is 13.2 Å². The summed E-state index contributed by atoms with van der Waals surface area (Å²) < 4.78 is 1.85. The molecule has 0 atom stereocenters. The van der Waals surface area contributed by atoms with Crippen molar-refractivity contribution in [3.8, 4) is 0 Å². The summed E-state index contributed by atoms with van der Waals surface area (Å²) in [6.45, 7) is 0.741. The van der Waals surface area contributed by atoms with Gasteiger partial charge in [-0.15, -0.1) is 11.3 Å². The third-order valence-electron chi connectivity index (χ3n) is 3.33. The maximum absolute atomic E-state index is 11.7. The minimum atomic E-state index is -0.126. The number of rotatable bonds is 3. The van der Waals surface area contributed by atoms with Gasteiger partial charge in [0.2, 0.25) is 0 Å². The molecule has 0 aliphatic heterocycles. The van der Waals surface area contributed by atoms with Crippen LogP contribution in [0.2, 0.25) is 0 Å². The maximum atomic E-state index is 11.7. The molecule has 0 saturated heterocycles. The number of hydrogen-bond acceptors (Lipinski definition) is 4. The number of halogens is 1. The van der Waals surface area contributed by atoms with E-state index in [9.17, 15) is 4.79 Å². The molecule has 0 spiro atoms. The minimum absolute atomic E-state index is 0.126. The summed E-state index contributed by atoms with van der Waals surface area (Å²) in [5.74, 6) is 0. The van der Waals surface area contributed by atoms with Crippen LogP contribution in [0.5, 0.6) is 0 Å². The fourth-order valence-corrected chi connectivity index (χ4v) is 3.99. The zero-order valence-electron chi connectivity index (χ0n) is 10.6. The Morgan fingerprint density at radius 2 is 2.37 bits per heavy atom. The number of nitrogens with one attached hydrogen (secondary N) is 1. The number of fused-ring (bicyclic) bond motifs is 1. The second-order valence-corrected chi connectivity index (χ2v) is 6.68.